The van der Waals surface area contributed by atoms with E-state index in [4.69, 9.17) is 4.84 Å². The number of nitrogens with zero attached hydrogens (tertiary/aromatic N) is 1. The van der Waals surface area contributed by atoms with Gasteiger partial charge in [-0.2, -0.15) is 5.06 Å². The molecule has 0 spiro atoms. The molecule has 17 heavy (non-hydrogen) atoms. The van der Waals surface area contributed by atoms with Crippen LogP contribution in [0, 0.1) is 3.57 Å². The lowest BCUT2D eigenvalue weighted by Crippen LogP contribution is -2.43. The Hall–Kier alpha value is -0.960. The van der Waals surface area contributed by atoms with Crippen molar-refractivity contribution < 1.29 is 14.4 Å². The normalized spacial score (nSPS) is 14.0. The standard InChI is InChI=1S/C10H9IN2O3S/c1-17-9-2-6-8(3-7(9)11)13(16-5-14)4-12-10(6)15/h2-3,5H,4H2,1H3,(H,12,15). The fraction of sp³-hybridized carbons (Fsp3) is 0.200. The Morgan fingerprint density at radius 2 is 2.35 bits per heavy atom. The number of halogens is 1. The predicted octanol–water partition coefficient (Wildman–Crippen LogP) is 1.61. The maximum absolute atomic E-state index is 11.7. The van der Waals surface area contributed by atoms with Crippen LogP contribution in [0.5, 0.6) is 0 Å². The van der Waals surface area contributed by atoms with Crippen LogP contribution in [0.3, 0.4) is 0 Å². The lowest BCUT2D eigenvalue weighted by atomic mass is 10.1. The average Bonchev–Trinajstić information content (AvgIpc) is 2.32. The number of carbonyl (C=O) groups excluding carboxylic acids is 2. The van der Waals surface area contributed by atoms with E-state index in [0.29, 0.717) is 17.7 Å². The Bertz CT molecular complexity index is 481. The maximum Gasteiger partial charge on any atom is 0.320 e. The molecule has 1 amide bonds. The summed E-state index contributed by atoms with van der Waals surface area (Å²) in [6, 6.07) is 3.64. The highest BCUT2D eigenvalue weighted by atomic mass is 127. The first-order valence-electron chi connectivity index (χ1n) is 4.71. The van der Waals surface area contributed by atoms with Crippen LogP contribution in [0.2, 0.25) is 0 Å². The van der Waals surface area contributed by atoms with E-state index in [1.165, 1.54) is 5.06 Å². The van der Waals surface area contributed by atoms with Crippen molar-refractivity contribution >= 4 is 52.4 Å². The number of hydrogen-bond donors (Lipinski definition) is 1. The molecule has 1 heterocycles. The smallest absolute Gasteiger partial charge is 0.320 e. The largest absolute Gasteiger partial charge is 0.342 e. The molecule has 0 saturated heterocycles. The minimum absolute atomic E-state index is 0.155. The number of amides is 1. The van der Waals surface area contributed by atoms with E-state index in [0.717, 1.165) is 8.47 Å². The van der Waals surface area contributed by atoms with E-state index in [1.54, 1.807) is 17.8 Å². The summed E-state index contributed by atoms with van der Waals surface area (Å²) in [6.45, 7) is 0.510. The minimum atomic E-state index is -0.155. The third-order valence-electron chi connectivity index (χ3n) is 2.34. The second kappa shape index (κ2) is 5.13. The van der Waals surface area contributed by atoms with Crippen molar-refractivity contribution in [2.75, 3.05) is 18.0 Å². The van der Waals surface area contributed by atoms with Crippen molar-refractivity contribution in [3.8, 4) is 0 Å². The summed E-state index contributed by atoms with van der Waals surface area (Å²) in [6.07, 6.45) is 1.95. The highest BCUT2D eigenvalue weighted by molar-refractivity contribution is 14.1. The van der Waals surface area contributed by atoms with Crippen molar-refractivity contribution in [1.29, 1.82) is 0 Å². The Morgan fingerprint density at radius 3 is 3.00 bits per heavy atom. The first kappa shape index (κ1) is 12.5. The van der Waals surface area contributed by atoms with Crippen LogP contribution >= 0.6 is 34.4 Å². The predicted molar refractivity (Wildman–Crippen MR) is 72.9 cm³/mol. The molecule has 0 saturated carbocycles. The molecule has 0 aromatic heterocycles. The zero-order valence-corrected chi connectivity index (χ0v) is 11.9. The zero-order chi connectivity index (χ0) is 12.4. The molecule has 5 nitrogen and oxygen atoms in total. The molecular weight excluding hydrogens is 355 g/mol. The van der Waals surface area contributed by atoms with Crippen LogP contribution in [0.4, 0.5) is 5.69 Å². The molecule has 1 aliphatic heterocycles. The van der Waals surface area contributed by atoms with E-state index in [-0.39, 0.29) is 12.6 Å². The first-order chi connectivity index (χ1) is 8.17. The van der Waals surface area contributed by atoms with Gasteiger partial charge < -0.3 is 10.2 Å². The van der Waals surface area contributed by atoms with Crippen molar-refractivity contribution in [2.24, 2.45) is 0 Å². The number of hydrogen-bond acceptors (Lipinski definition) is 5. The molecule has 7 heteroatoms. The van der Waals surface area contributed by atoms with Crippen molar-refractivity contribution in [3.63, 3.8) is 0 Å². The van der Waals surface area contributed by atoms with Gasteiger partial charge in [0.15, 0.2) is 0 Å². The molecule has 1 aliphatic rings. The first-order valence-corrected chi connectivity index (χ1v) is 7.01. The van der Waals surface area contributed by atoms with Gasteiger partial charge in [-0.1, -0.05) is 0 Å². The Labute approximate surface area is 116 Å². The van der Waals surface area contributed by atoms with Crippen LogP contribution in [0.1, 0.15) is 10.4 Å². The van der Waals surface area contributed by atoms with Gasteiger partial charge in [-0.05, 0) is 41.0 Å². The lowest BCUT2D eigenvalue weighted by molar-refractivity contribution is -0.130. The molecule has 90 valence electrons. The van der Waals surface area contributed by atoms with E-state index < -0.39 is 0 Å². The van der Waals surface area contributed by atoms with Gasteiger partial charge in [-0.15, -0.1) is 11.8 Å². The summed E-state index contributed by atoms with van der Waals surface area (Å²) in [5.41, 5.74) is 1.13. The number of benzene rings is 1. The van der Waals surface area contributed by atoms with E-state index in [2.05, 4.69) is 27.9 Å². The van der Waals surface area contributed by atoms with Crippen LogP contribution in [0.15, 0.2) is 17.0 Å². The second-order valence-electron chi connectivity index (χ2n) is 3.25. The highest BCUT2D eigenvalue weighted by Gasteiger charge is 2.25. The van der Waals surface area contributed by atoms with E-state index in [1.807, 2.05) is 12.3 Å². The molecule has 0 radical (unpaired) electrons. The summed E-state index contributed by atoms with van der Waals surface area (Å²) >= 11 is 3.76. The number of thioether (sulfide) groups is 1. The molecule has 0 atom stereocenters. The fourth-order valence-electron chi connectivity index (χ4n) is 1.56. The SMILES string of the molecule is CSc1cc2c(cc1I)N(OC=O)CNC2=O. The van der Waals surface area contributed by atoms with Crippen LogP contribution < -0.4 is 10.4 Å². The molecule has 1 aromatic carbocycles. The number of nitrogens with one attached hydrogen (secondary N) is 1. The van der Waals surface area contributed by atoms with Gasteiger partial charge >= 0.3 is 6.47 Å². The third-order valence-corrected chi connectivity index (χ3v) is 4.37. The van der Waals surface area contributed by atoms with Crippen molar-refractivity contribution in [3.05, 3.63) is 21.3 Å². The Balaban J connectivity index is 2.51. The molecular formula is C10H9IN2O3S. The van der Waals surface area contributed by atoms with Gasteiger partial charge in [0.25, 0.3) is 5.91 Å². The average molecular weight is 364 g/mol. The summed E-state index contributed by atoms with van der Waals surface area (Å²) in [5.74, 6) is -0.155. The molecule has 2 rings (SSSR count). The zero-order valence-electron chi connectivity index (χ0n) is 8.90. The molecule has 1 aromatic rings. The molecule has 1 N–H and O–H groups in total. The monoisotopic (exact) mass is 364 g/mol. The van der Waals surface area contributed by atoms with Crippen molar-refractivity contribution in [2.45, 2.75) is 4.90 Å². The number of hydroxylamine groups is 1. The number of fused-ring (bicyclic) bond motifs is 1. The molecule has 0 aliphatic carbocycles. The van der Waals surface area contributed by atoms with Gasteiger partial charge in [0.2, 0.25) is 0 Å². The van der Waals surface area contributed by atoms with Gasteiger partial charge in [0, 0.05) is 8.47 Å². The minimum Gasteiger partial charge on any atom is -0.342 e. The summed E-state index contributed by atoms with van der Waals surface area (Å²) in [5, 5.41) is 3.99. The van der Waals surface area contributed by atoms with Gasteiger partial charge in [0.1, 0.15) is 6.67 Å². The third kappa shape index (κ3) is 2.34. The van der Waals surface area contributed by atoms with Crippen LogP contribution in [0.25, 0.3) is 0 Å². The Kier molecular flexibility index (Phi) is 3.77. The van der Waals surface area contributed by atoms with Crippen LogP contribution in [-0.2, 0) is 9.63 Å². The molecule has 0 bridgehead atoms. The van der Waals surface area contributed by atoms with Crippen LogP contribution in [-0.4, -0.2) is 25.3 Å². The maximum atomic E-state index is 11.7. The van der Waals surface area contributed by atoms with Gasteiger partial charge in [-0.25, -0.2) is 0 Å². The topological polar surface area (TPSA) is 58.6 Å². The Morgan fingerprint density at radius 1 is 1.59 bits per heavy atom. The van der Waals surface area contributed by atoms with Gasteiger partial charge in [-0.3, -0.25) is 9.59 Å². The van der Waals surface area contributed by atoms with Crippen molar-refractivity contribution in [1.82, 2.24) is 5.32 Å². The summed E-state index contributed by atoms with van der Waals surface area (Å²) < 4.78 is 1.02. The number of rotatable bonds is 3. The lowest BCUT2D eigenvalue weighted by Gasteiger charge is -2.28. The van der Waals surface area contributed by atoms with Gasteiger partial charge in [0.05, 0.1) is 11.3 Å². The number of carbonyl (C=O) groups is 2. The number of anilines is 1. The second-order valence-corrected chi connectivity index (χ2v) is 5.26. The highest BCUT2D eigenvalue weighted by Crippen LogP contribution is 2.32. The fourth-order valence-corrected chi connectivity index (χ4v) is 3.16. The quantitative estimate of drug-likeness (QED) is 0.502. The summed E-state index contributed by atoms with van der Waals surface area (Å²) in [4.78, 5) is 27.9. The molecule has 0 fully saturated rings. The summed E-state index contributed by atoms with van der Waals surface area (Å²) in [7, 11) is 0. The molecule has 0 unspecified atom stereocenters. The van der Waals surface area contributed by atoms with E-state index >= 15 is 0 Å². The van der Waals surface area contributed by atoms with E-state index in [9.17, 15) is 9.59 Å².